The lowest BCUT2D eigenvalue weighted by Crippen LogP contribution is -2.52. The first-order valence-corrected chi connectivity index (χ1v) is 15.4. The number of piperazine rings is 1. The fourth-order valence-corrected chi connectivity index (χ4v) is 7.52. The van der Waals surface area contributed by atoms with Gasteiger partial charge in [-0.25, -0.2) is 13.4 Å². The topological polar surface area (TPSA) is 80.3 Å². The molecule has 1 aromatic carbocycles. The Balaban J connectivity index is 1.17. The molecule has 14 heteroatoms. The minimum absolute atomic E-state index is 0.0374. The Morgan fingerprint density at radius 1 is 1.00 bits per heavy atom. The van der Waals surface area contributed by atoms with E-state index in [4.69, 9.17) is 11.6 Å². The number of hydrogen-bond acceptors (Lipinski definition) is 7. The third-order valence-electron chi connectivity index (χ3n) is 7.83. The smallest absolute Gasteiger partial charge is 0.354 e. The number of pyridine rings is 1. The second-order valence-corrected chi connectivity index (χ2v) is 13.7. The Bertz CT molecular complexity index is 1360. The maximum atomic E-state index is 13.3. The summed E-state index contributed by atoms with van der Waals surface area (Å²) in [5.41, 5.74) is -0.234. The monoisotopic (exact) mass is 614 g/mol. The molecule has 41 heavy (non-hydrogen) atoms. The highest BCUT2D eigenvalue weighted by atomic mass is 35.5. The number of likely N-dealkylation sites (tertiary alicyclic amines) is 1. The zero-order valence-corrected chi connectivity index (χ0v) is 24.6. The van der Waals surface area contributed by atoms with Crippen LogP contribution in [0.4, 0.5) is 24.7 Å². The molecule has 3 fully saturated rings. The van der Waals surface area contributed by atoms with Gasteiger partial charge in [0, 0.05) is 71.0 Å². The number of anilines is 2. The first-order chi connectivity index (χ1) is 19.3. The van der Waals surface area contributed by atoms with Gasteiger partial charge in [-0.05, 0) is 62.3 Å². The minimum Gasteiger partial charge on any atom is -0.354 e. The Labute approximate surface area is 243 Å². The van der Waals surface area contributed by atoms with Crippen molar-refractivity contribution in [3.05, 3.63) is 47.1 Å². The lowest BCUT2D eigenvalue weighted by atomic mass is 9.97. The molecule has 0 radical (unpaired) electrons. The molecule has 3 aliphatic heterocycles. The lowest BCUT2D eigenvalue weighted by molar-refractivity contribution is -0.137. The van der Waals surface area contributed by atoms with Crippen LogP contribution in [0.15, 0.2) is 41.3 Å². The maximum Gasteiger partial charge on any atom is 0.416 e. The van der Waals surface area contributed by atoms with Crippen molar-refractivity contribution >= 4 is 39.0 Å². The van der Waals surface area contributed by atoms with Crippen LogP contribution in [0.5, 0.6) is 0 Å². The summed E-state index contributed by atoms with van der Waals surface area (Å²) in [4.78, 5) is 24.8. The molecule has 0 bridgehead atoms. The first kappa shape index (κ1) is 30.0. The van der Waals surface area contributed by atoms with Crippen LogP contribution in [0.3, 0.4) is 0 Å². The summed E-state index contributed by atoms with van der Waals surface area (Å²) in [7, 11) is 0.319. The van der Waals surface area contributed by atoms with E-state index < -0.39 is 21.8 Å². The van der Waals surface area contributed by atoms with Gasteiger partial charge in [0.05, 0.1) is 10.5 Å². The molecule has 4 heterocycles. The lowest BCUT2D eigenvalue weighted by Gasteiger charge is -2.41. The number of sulfonamides is 1. The summed E-state index contributed by atoms with van der Waals surface area (Å²) in [5, 5.41) is -0.276. The predicted octanol–water partition coefficient (Wildman–Crippen LogP) is 3.11. The van der Waals surface area contributed by atoms with Crippen molar-refractivity contribution in [2.75, 3.05) is 82.8 Å². The van der Waals surface area contributed by atoms with E-state index in [2.05, 4.69) is 28.9 Å². The molecule has 1 unspecified atom stereocenters. The maximum absolute atomic E-state index is 13.3. The number of amides is 1. The standard InChI is InChI=1S/C27H34ClF3N6O3S/c1-33(2)14-20-16-34(17-20)15-19-11-26(38)37(18-19)22-3-5-23(6-4-22)41(39,40)36-9-7-35(8-10-36)25-13-21(27(29,30)31)12-24(28)32-25/h3-6,12-13,19-20H,7-11,14-18H2,1-2H3. The van der Waals surface area contributed by atoms with E-state index in [1.807, 2.05) is 0 Å². The number of alkyl halides is 3. The van der Waals surface area contributed by atoms with Crippen LogP contribution in [0, 0.1) is 11.8 Å². The van der Waals surface area contributed by atoms with E-state index in [0.29, 0.717) is 24.6 Å². The van der Waals surface area contributed by atoms with E-state index in [9.17, 15) is 26.4 Å². The van der Waals surface area contributed by atoms with E-state index in [-0.39, 0.29) is 53.9 Å². The molecule has 0 spiro atoms. The summed E-state index contributed by atoms with van der Waals surface area (Å²) in [6, 6.07) is 8.02. The molecule has 0 saturated carbocycles. The average Bonchev–Trinajstić information content (AvgIpc) is 3.26. The van der Waals surface area contributed by atoms with E-state index >= 15 is 0 Å². The van der Waals surface area contributed by atoms with E-state index in [1.165, 1.54) is 16.4 Å². The van der Waals surface area contributed by atoms with Crippen molar-refractivity contribution < 1.29 is 26.4 Å². The van der Waals surface area contributed by atoms with Crippen LogP contribution in [0.1, 0.15) is 12.0 Å². The molecule has 5 rings (SSSR count). The zero-order valence-electron chi connectivity index (χ0n) is 23.0. The van der Waals surface area contributed by atoms with Crippen molar-refractivity contribution in [3.8, 4) is 0 Å². The average molecular weight is 615 g/mol. The van der Waals surface area contributed by atoms with Gasteiger partial charge in [0.25, 0.3) is 0 Å². The van der Waals surface area contributed by atoms with E-state index in [0.717, 1.165) is 38.3 Å². The summed E-state index contributed by atoms with van der Waals surface area (Å²) in [6.45, 7) is 5.15. The van der Waals surface area contributed by atoms with E-state index in [1.54, 1.807) is 21.9 Å². The number of carbonyl (C=O) groups excluding carboxylic acids is 1. The third kappa shape index (κ3) is 6.80. The van der Waals surface area contributed by atoms with Gasteiger partial charge in [0.1, 0.15) is 11.0 Å². The highest BCUT2D eigenvalue weighted by Crippen LogP contribution is 2.34. The molecule has 224 valence electrons. The Kier molecular flexibility index (Phi) is 8.55. The molecule has 3 aliphatic rings. The van der Waals surface area contributed by atoms with Gasteiger partial charge in [-0.2, -0.15) is 17.5 Å². The van der Waals surface area contributed by atoms with Gasteiger partial charge in [0.15, 0.2) is 0 Å². The number of carbonyl (C=O) groups is 1. The molecule has 1 aromatic heterocycles. The van der Waals surface area contributed by atoms with Gasteiger partial charge >= 0.3 is 6.18 Å². The van der Waals surface area contributed by atoms with Gasteiger partial charge in [-0.3, -0.25) is 4.79 Å². The number of rotatable bonds is 8. The van der Waals surface area contributed by atoms with Crippen molar-refractivity contribution in [3.63, 3.8) is 0 Å². The second kappa shape index (κ2) is 11.7. The first-order valence-electron chi connectivity index (χ1n) is 13.6. The van der Waals surface area contributed by atoms with Crippen LogP contribution in [0.2, 0.25) is 5.15 Å². The molecule has 0 aliphatic carbocycles. The van der Waals surface area contributed by atoms with Crippen molar-refractivity contribution in [1.29, 1.82) is 0 Å². The molecule has 3 saturated heterocycles. The van der Waals surface area contributed by atoms with Crippen LogP contribution < -0.4 is 9.80 Å². The van der Waals surface area contributed by atoms with Crippen molar-refractivity contribution in [1.82, 2.24) is 19.1 Å². The molecule has 2 aromatic rings. The quantitative estimate of drug-likeness (QED) is 0.423. The Hall–Kier alpha value is -2.45. The highest BCUT2D eigenvalue weighted by Gasteiger charge is 2.36. The largest absolute Gasteiger partial charge is 0.416 e. The molecule has 1 amide bonds. The number of halogens is 4. The van der Waals surface area contributed by atoms with Crippen molar-refractivity contribution in [2.45, 2.75) is 17.5 Å². The van der Waals surface area contributed by atoms with Crippen LogP contribution in [0.25, 0.3) is 0 Å². The Morgan fingerprint density at radius 3 is 2.27 bits per heavy atom. The molecular formula is C27H34ClF3N6O3S. The van der Waals surface area contributed by atoms with Gasteiger partial charge in [0.2, 0.25) is 15.9 Å². The predicted molar refractivity (Wildman–Crippen MR) is 151 cm³/mol. The second-order valence-electron chi connectivity index (χ2n) is 11.3. The summed E-state index contributed by atoms with van der Waals surface area (Å²) in [6.07, 6.45) is -4.09. The molecule has 1 atom stereocenters. The van der Waals surface area contributed by atoms with Crippen LogP contribution in [-0.2, 0) is 21.0 Å². The summed E-state index contributed by atoms with van der Waals surface area (Å²) >= 11 is 5.81. The molecule has 0 N–H and O–H groups in total. The fraction of sp³-hybridized carbons (Fsp3) is 0.556. The van der Waals surface area contributed by atoms with Crippen molar-refractivity contribution in [2.24, 2.45) is 11.8 Å². The summed E-state index contributed by atoms with van der Waals surface area (Å²) in [5.74, 6) is 1.01. The zero-order chi connectivity index (χ0) is 29.5. The number of nitrogens with zero attached hydrogens (tertiary/aromatic N) is 6. The minimum atomic E-state index is -4.57. The SMILES string of the molecule is CN(C)CC1CN(CC2CC(=O)N(c3ccc(S(=O)(=O)N4CCN(c5cc(C(F)(F)F)cc(Cl)n5)CC4)cc3)C2)C1. The highest BCUT2D eigenvalue weighted by molar-refractivity contribution is 7.89. The fourth-order valence-electron chi connectivity index (χ4n) is 5.89. The Morgan fingerprint density at radius 2 is 1.66 bits per heavy atom. The number of hydrogen-bond donors (Lipinski definition) is 0. The van der Waals surface area contributed by atoms with Gasteiger partial charge in [-0.15, -0.1) is 0 Å². The van der Waals surface area contributed by atoms with Crippen LogP contribution in [-0.4, -0.2) is 106 Å². The van der Waals surface area contributed by atoms with Gasteiger partial charge < -0.3 is 19.6 Å². The number of benzene rings is 1. The number of aromatic nitrogens is 1. The molecular weight excluding hydrogens is 581 g/mol. The molecule has 9 nitrogen and oxygen atoms in total. The normalized spacial score (nSPS) is 21.6. The van der Waals surface area contributed by atoms with Gasteiger partial charge in [-0.1, -0.05) is 11.6 Å². The third-order valence-corrected chi connectivity index (χ3v) is 9.94. The summed E-state index contributed by atoms with van der Waals surface area (Å²) < 4.78 is 67.5. The van der Waals surface area contributed by atoms with Crippen LogP contribution >= 0.6 is 11.6 Å².